The summed E-state index contributed by atoms with van der Waals surface area (Å²) < 4.78 is 5.30. The van der Waals surface area contributed by atoms with Gasteiger partial charge >= 0.3 is 0 Å². The number of methoxy groups -OCH3 is 1. The number of nitrogens with two attached hydrogens (primary N) is 1. The van der Waals surface area contributed by atoms with Crippen molar-refractivity contribution >= 4 is 5.91 Å². The molecule has 1 aromatic rings. The van der Waals surface area contributed by atoms with Crippen molar-refractivity contribution < 1.29 is 9.53 Å². The van der Waals surface area contributed by atoms with Crippen molar-refractivity contribution in [3.63, 3.8) is 0 Å². The highest BCUT2D eigenvalue weighted by Gasteiger charge is 2.25. The van der Waals surface area contributed by atoms with E-state index in [9.17, 15) is 4.79 Å². The van der Waals surface area contributed by atoms with E-state index in [0.717, 1.165) is 30.0 Å². The van der Waals surface area contributed by atoms with Crippen LogP contribution in [0.4, 0.5) is 0 Å². The number of ether oxygens (including phenoxy) is 1. The number of nitrogens with zero attached hydrogens (tertiary/aromatic N) is 1. The third-order valence-electron chi connectivity index (χ3n) is 3.60. The maximum atomic E-state index is 11.7. The van der Waals surface area contributed by atoms with Crippen LogP contribution < -0.4 is 15.8 Å². The third kappa shape index (κ3) is 3.75. The van der Waals surface area contributed by atoms with Crippen molar-refractivity contribution in [2.24, 2.45) is 5.73 Å². The minimum Gasteiger partial charge on any atom is -0.495 e. The summed E-state index contributed by atoms with van der Waals surface area (Å²) in [6.45, 7) is 4.50. The lowest BCUT2D eigenvalue weighted by Gasteiger charge is -2.32. The molecule has 21 heavy (non-hydrogen) atoms. The molecule has 0 bridgehead atoms. The lowest BCUT2D eigenvalue weighted by Crippen LogP contribution is -2.53. The van der Waals surface area contributed by atoms with Gasteiger partial charge in [0.15, 0.2) is 0 Å². The molecule has 0 spiro atoms. The highest BCUT2D eigenvalue weighted by Crippen LogP contribution is 2.20. The fourth-order valence-corrected chi connectivity index (χ4v) is 2.38. The fraction of sp³-hybridized carbons (Fsp3) is 0.438. The zero-order valence-electron chi connectivity index (χ0n) is 12.5. The summed E-state index contributed by atoms with van der Waals surface area (Å²) in [4.78, 5) is 13.8. The smallest absolute Gasteiger partial charge is 0.237 e. The van der Waals surface area contributed by atoms with E-state index < -0.39 is 0 Å². The van der Waals surface area contributed by atoms with Gasteiger partial charge in [0.25, 0.3) is 0 Å². The molecule has 112 valence electrons. The van der Waals surface area contributed by atoms with E-state index in [0.29, 0.717) is 13.1 Å². The Hall–Kier alpha value is -2.03. The Kier molecular flexibility index (Phi) is 5.20. The molecule has 1 saturated heterocycles. The fourth-order valence-electron chi connectivity index (χ4n) is 2.38. The summed E-state index contributed by atoms with van der Waals surface area (Å²) in [5, 5.41) is 2.87. The number of amides is 1. The Balaban J connectivity index is 2.18. The summed E-state index contributed by atoms with van der Waals surface area (Å²) >= 11 is 0. The molecule has 0 aromatic heterocycles. The maximum Gasteiger partial charge on any atom is 0.237 e. The molecule has 1 heterocycles. The lowest BCUT2D eigenvalue weighted by atomic mass is 10.1. The summed E-state index contributed by atoms with van der Waals surface area (Å²) in [5.74, 6) is 6.69. The maximum absolute atomic E-state index is 11.7. The Morgan fingerprint density at radius 1 is 1.52 bits per heavy atom. The lowest BCUT2D eigenvalue weighted by molar-refractivity contribution is -0.128. The van der Waals surface area contributed by atoms with E-state index >= 15 is 0 Å². The second-order valence-corrected chi connectivity index (χ2v) is 4.98. The van der Waals surface area contributed by atoms with Crippen LogP contribution in [-0.2, 0) is 11.3 Å². The third-order valence-corrected chi connectivity index (χ3v) is 3.60. The summed E-state index contributed by atoms with van der Waals surface area (Å²) in [6, 6.07) is 5.80. The zero-order chi connectivity index (χ0) is 15.2. The van der Waals surface area contributed by atoms with Crippen molar-refractivity contribution in [1.82, 2.24) is 10.2 Å². The highest BCUT2D eigenvalue weighted by molar-refractivity contribution is 5.81. The van der Waals surface area contributed by atoms with Gasteiger partial charge in [0, 0.05) is 19.6 Å². The average molecular weight is 287 g/mol. The van der Waals surface area contributed by atoms with E-state index in [-0.39, 0.29) is 11.9 Å². The quantitative estimate of drug-likeness (QED) is 0.786. The SMILES string of the molecule is COc1ccc(CN2CCNC(=O)C2C)cc1C#CCN. The van der Waals surface area contributed by atoms with Crippen molar-refractivity contribution in [3.8, 4) is 17.6 Å². The molecular formula is C16H21N3O2. The van der Waals surface area contributed by atoms with E-state index in [1.165, 1.54) is 0 Å². The molecule has 0 radical (unpaired) electrons. The molecule has 2 rings (SSSR count). The molecule has 1 aliphatic rings. The van der Waals surface area contributed by atoms with Crippen LogP contribution in [0.15, 0.2) is 18.2 Å². The summed E-state index contributed by atoms with van der Waals surface area (Å²) in [7, 11) is 1.62. The monoisotopic (exact) mass is 287 g/mol. The van der Waals surface area contributed by atoms with E-state index in [1.807, 2.05) is 25.1 Å². The van der Waals surface area contributed by atoms with Gasteiger partial charge in [-0.2, -0.15) is 0 Å². The van der Waals surface area contributed by atoms with Gasteiger partial charge in [-0.1, -0.05) is 17.9 Å². The molecule has 5 heteroatoms. The first-order valence-electron chi connectivity index (χ1n) is 7.03. The molecule has 1 aromatic carbocycles. The second-order valence-electron chi connectivity index (χ2n) is 4.98. The summed E-state index contributed by atoms with van der Waals surface area (Å²) in [5.41, 5.74) is 7.36. The molecule has 0 aliphatic carbocycles. The minimum atomic E-state index is -0.112. The van der Waals surface area contributed by atoms with Gasteiger partial charge in [-0.05, 0) is 24.6 Å². The largest absolute Gasteiger partial charge is 0.495 e. The Labute approximate surface area is 125 Å². The van der Waals surface area contributed by atoms with E-state index in [4.69, 9.17) is 10.5 Å². The number of rotatable bonds is 3. The van der Waals surface area contributed by atoms with Crippen molar-refractivity contribution in [1.29, 1.82) is 0 Å². The molecule has 1 fully saturated rings. The number of hydrogen-bond acceptors (Lipinski definition) is 4. The van der Waals surface area contributed by atoms with Crippen LogP contribution in [0, 0.1) is 11.8 Å². The normalized spacial score (nSPS) is 18.6. The number of piperazine rings is 1. The molecule has 1 aliphatic heterocycles. The van der Waals surface area contributed by atoms with Gasteiger partial charge < -0.3 is 15.8 Å². The zero-order valence-corrected chi connectivity index (χ0v) is 12.5. The van der Waals surface area contributed by atoms with E-state index in [2.05, 4.69) is 22.1 Å². The predicted octanol–water partition coefficient (Wildman–Crippen LogP) is 0.326. The average Bonchev–Trinajstić information content (AvgIpc) is 2.50. The van der Waals surface area contributed by atoms with E-state index in [1.54, 1.807) is 7.11 Å². The number of nitrogens with one attached hydrogen (secondary N) is 1. The molecule has 1 unspecified atom stereocenters. The summed E-state index contributed by atoms with van der Waals surface area (Å²) in [6.07, 6.45) is 0. The second kappa shape index (κ2) is 7.11. The molecule has 1 amide bonds. The Morgan fingerprint density at radius 2 is 2.33 bits per heavy atom. The van der Waals surface area contributed by atoms with Crippen LogP contribution in [-0.4, -0.2) is 43.6 Å². The molecule has 5 nitrogen and oxygen atoms in total. The number of carbonyl (C=O) groups is 1. The topological polar surface area (TPSA) is 67.6 Å². The number of carbonyl (C=O) groups excluding carboxylic acids is 1. The molecular weight excluding hydrogens is 266 g/mol. The predicted molar refractivity (Wildman–Crippen MR) is 81.8 cm³/mol. The molecule has 0 saturated carbocycles. The number of hydrogen-bond donors (Lipinski definition) is 2. The van der Waals surface area contributed by atoms with Crippen LogP contribution in [0.1, 0.15) is 18.1 Å². The Bertz CT molecular complexity index is 575. The Morgan fingerprint density at radius 3 is 3.05 bits per heavy atom. The van der Waals surface area contributed by atoms with Crippen LogP contribution in [0.5, 0.6) is 5.75 Å². The standard InChI is InChI=1S/C16H21N3O2/c1-12-16(20)18-8-9-19(12)11-13-5-6-15(21-2)14(10-13)4-3-7-17/h5-6,10,12H,7-9,11,17H2,1-2H3,(H,18,20). The first kappa shape index (κ1) is 15.4. The van der Waals surface area contributed by atoms with Gasteiger partial charge in [0.2, 0.25) is 5.91 Å². The molecule has 1 atom stereocenters. The van der Waals surface area contributed by atoms with Gasteiger partial charge in [0.1, 0.15) is 5.75 Å². The highest BCUT2D eigenvalue weighted by atomic mass is 16.5. The van der Waals surface area contributed by atoms with Crippen molar-refractivity contribution in [2.75, 3.05) is 26.7 Å². The van der Waals surface area contributed by atoms with Crippen LogP contribution >= 0.6 is 0 Å². The molecule has 3 N–H and O–H groups in total. The first-order chi connectivity index (χ1) is 10.2. The van der Waals surface area contributed by atoms with Gasteiger partial charge in [0.05, 0.1) is 25.3 Å². The van der Waals surface area contributed by atoms with Gasteiger partial charge in [-0.3, -0.25) is 9.69 Å². The minimum absolute atomic E-state index is 0.0814. The van der Waals surface area contributed by atoms with Gasteiger partial charge in [-0.15, -0.1) is 0 Å². The van der Waals surface area contributed by atoms with Crippen molar-refractivity contribution in [2.45, 2.75) is 19.5 Å². The van der Waals surface area contributed by atoms with Gasteiger partial charge in [-0.25, -0.2) is 0 Å². The van der Waals surface area contributed by atoms with Crippen LogP contribution in [0.2, 0.25) is 0 Å². The first-order valence-corrected chi connectivity index (χ1v) is 7.03. The van der Waals surface area contributed by atoms with Crippen molar-refractivity contribution in [3.05, 3.63) is 29.3 Å². The van der Waals surface area contributed by atoms with Crippen LogP contribution in [0.25, 0.3) is 0 Å². The van der Waals surface area contributed by atoms with Crippen LogP contribution in [0.3, 0.4) is 0 Å². The number of benzene rings is 1.